The molecule has 3 atom stereocenters. The first-order chi connectivity index (χ1) is 19.8. The molecule has 3 nitrogen and oxygen atoms in total. The average molecular weight is 578 g/mol. The monoisotopic (exact) mass is 577 g/mol. The van der Waals surface area contributed by atoms with E-state index in [9.17, 15) is 18.0 Å². The minimum atomic E-state index is -4.33. The second-order valence-electron chi connectivity index (χ2n) is 13.3. The lowest BCUT2D eigenvalue weighted by molar-refractivity contribution is -0.144. The molecule has 3 saturated carbocycles. The lowest BCUT2D eigenvalue weighted by Gasteiger charge is -2.43. The largest absolute Gasteiger partial charge is 0.466 e. The maximum Gasteiger partial charge on any atom is 0.416 e. The zero-order chi connectivity index (χ0) is 29.1. The zero-order valence-corrected chi connectivity index (χ0v) is 25.4. The van der Waals surface area contributed by atoms with E-state index in [1.807, 2.05) is 6.92 Å². The Bertz CT molecular complexity index is 866. The zero-order valence-electron chi connectivity index (χ0n) is 25.4. The van der Waals surface area contributed by atoms with E-state index in [1.165, 1.54) is 102 Å². The Kier molecular flexibility index (Phi) is 12.9. The molecule has 0 radical (unpaired) electrons. The Hall–Kier alpha value is -1.56. The molecule has 0 aromatic heterocycles. The predicted molar refractivity (Wildman–Crippen MR) is 160 cm³/mol. The highest BCUT2D eigenvalue weighted by Gasteiger charge is 2.37. The fraction of sp³-hybridized carbons (Fsp3) is 0.800. The molecule has 3 fully saturated rings. The highest BCUT2D eigenvalue weighted by molar-refractivity contribution is 5.69. The molecular formula is C35H54F3NO2. The van der Waals surface area contributed by atoms with Crippen molar-refractivity contribution in [3.63, 3.8) is 0 Å². The van der Waals surface area contributed by atoms with Crippen molar-refractivity contribution >= 4 is 5.97 Å². The van der Waals surface area contributed by atoms with Crippen LogP contribution in [0.15, 0.2) is 24.3 Å². The van der Waals surface area contributed by atoms with Crippen LogP contribution >= 0.6 is 0 Å². The van der Waals surface area contributed by atoms with Crippen LogP contribution in [-0.2, 0) is 15.7 Å². The van der Waals surface area contributed by atoms with E-state index >= 15 is 0 Å². The number of carbonyl (C=O) groups excluding carboxylic acids is 1. The summed E-state index contributed by atoms with van der Waals surface area (Å²) in [7, 11) is 0. The summed E-state index contributed by atoms with van der Waals surface area (Å²) in [4.78, 5) is 15.1. The Labute approximate surface area is 247 Å². The normalized spacial score (nSPS) is 25.0. The standard InChI is InChI=1S/C35H54F3NO2/c1-2-41-34(40)26-29-17-22-33(32(25-29)30-18-20-31(21-19-30)35(36,37)38)39(23-9-15-27-11-5-3-6-12-27)24-10-16-28-13-7-4-8-14-28/h18-21,27-29,32-33H,2-17,22-26H2,1H3/t29-,32+,33-/m1/s1. The topological polar surface area (TPSA) is 29.5 Å². The molecule has 41 heavy (non-hydrogen) atoms. The van der Waals surface area contributed by atoms with Gasteiger partial charge in [-0.2, -0.15) is 13.2 Å². The third-order valence-corrected chi connectivity index (χ3v) is 10.4. The Morgan fingerprint density at radius 1 is 0.805 bits per heavy atom. The van der Waals surface area contributed by atoms with Crippen LogP contribution in [-0.4, -0.2) is 36.6 Å². The molecule has 0 spiro atoms. The number of carbonyl (C=O) groups is 1. The first-order valence-electron chi connectivity index (χ1n) is 16.9. The van der Waals surface area contributed by atoms with Crippen LogP contribution in [0.5, 0.6) is 0 Å². The van der Waals surface area contributed by atoms with Gasteiger partial charge in [-0.1, -0.05) is 76.3 Å². The first-order valence-corrected chi connectivity index (χ1v) is 16.9. The van der Waals surface area contributed by atoms with Gasteiger partial charge < -0.3 is 4.74 Å². The molecule has 1 aromatic carbocycles. The predicted octanol–water partition coefficient (Wildman–Crippen LogP) is 9.93. The second kappa shape index (κ2) is 16.3. The van der Waals surface area contributed by atoms with E-state index in [-0.39, 0.29) is 17.8 Å². The quantitative estimate of drug-likeness (QED) is 0.219. The lowest BCUT2D eigenvalue weighted by Crippen LogP contribution is -2.44. The van der Waals surface area contributed by atoms with Gasteiger partial charge in [-0.05, 0) is 106 Å². The van der Waals surface area contributed by atoms with E-state index in [0.29, 0.717) is 19.1 Å². The van der Waals surface area contributed by atoms with Gasteiger partial charge in [0.1, 0.15) is 0 Å². The fourth-order valence-corrected chi connectivity index (χ4v) is 8.16. The molecule has 0 bridgehead atoms. The Morgan fingerprint density at radius 2 is 1.37 bits per heavy atom. The summed E-state index contributed by atoms with van der Waals surface area (Å²) < 4.78 is 45.4. The maximum absolute atomic E-state index is 13.4. The van der Waals surface area contributed by atoms with Crippen LogP contribution in [0.1, 0.15) is 140 Å². The van der Waals surface area contributed by atoms with Gasteiger partial charge in [0.15, 0.2) is 0 Å². The SMILES string of the molecule is CCOC(=O)C[C@@H]1CC[C@@H](N(CCCC2CCCCC2)CCCC2CCCCC2)[C@H](c2ccc(C(F)(F)F)cc2)C1. The number of alkyl halides is 3. The average Bonchev–Trinajstić information content (AvgIpc) is 2.97. The van der Waals surface area contributed by atoms with Crippen LogP contribution in [0.25, 0.3) is 0 Å². The van der Waals surface area contributed by atoms with Crippen LogP contribution in [0.4, 0.5) is 13.2 Å². The smallest absolute Gasteiger partial charge is 0.416 e. The summed E-state index contributed by atoms with van der Waals surface area (Å²) in [5.74, 6) is 1.91. The molecule has 0 aliphatic heterocycles. The highest BCUT2D eigenvalue weighted by atomic mass is 19.4. The van der Waals surface area contributed by atoms with Crippen molar-refractivity contribution < 1.29 is 22.7 Å². The van der Waals surface area contributed by atoms with Crippen molar-refractivity contribution in [2.45, 2.75) is 141 Å². The molecule has 0 heterocycles. The third kappa shape index (κ3) is 10.3. The number of esters is 1. The van der Waals surface area contributed by atoms with Gasteiger partial charge in [0.05, 0.1) is 12.2 Å². The number of rotatable bonds is 13. The van der Waals surface area contributed by atoms with Crippen LogP contribution in [0.2, 0.25) is 0 Å². The van der Waals surface area contributed by atoms with Crippen molar-refractivity contribution in [3.8, 4) is 0 Å². The van der Waals surface area contributed by atoms with Gasteiger partial charge in [0.25, 0.3) is 0 Å². The number of halogens is 3. The molecule has 0 N–H and O–H groups in total. The highest BCUT2D eigenvalue weighted by Crippen LogP contribution is 2.42. The molecule has 6 heteroatoms. The van der Waals surface area contributed by atoms with Gasteiger partial charge >= 0.3 is 12.1 Å². The van der Waals surface area contributed by atoms with Crippen molar-refractivity contribution in [1.29, 1.82) is 0 Å². The van der Waals surface area contributed by atoms with Crippen LogP contribution in [0.3, 0.4) is 0 Å². The molecular weight excluding hydrogens is 523 g/mol. The number of benzene rings is 1. The molecule has 0 saturated heterocycles. The molecule has 0 unspecified atom stereocenters. The maximum atomic E-state index is 13.4. The fourth-order valence-electron chi connectivity index (χ4n) is 8.16. The third-order valence-electron chi connectivity index (χ3n) is 10.4. The molecule has 3 aliphatic rings. The summed E-state index contributed by atoms with van der Waals surface area (Å²) in [6, 6.07) is 6.21. The van der Waals surface area contributed by atoms with E-state index in [1.54, 1.807) is 12.1 Å². The minimum absolute atomic E-state index is 0.134. The van der Waals surface area contributed by atoms with Crippen molar-refractivity contribution in [2.75, 3.05) is 19.7 Å². The number of nitrogens with zero attached hydrogens (tertiary/aromatic N) is 1. The summed E-state index contributed by atoms with van der Waals surface area (Å²) in [6.45, 7) is 4.36. The van der Waals surface area contributed by atoms with Gasteiger partial charge in [-0.3, -0.25) is 9.69 Å². The Balaban J connectivity index is 1.48. The summed E-state index contributed by atoms with van der Waals surface area (Å²) in [5, 5.41) is 0. The van der Waals surface area contributed by atoms with Crippen LogP contribution < -0.4 is 0 Å². The van der Waals surface area contributed by atoms with Gasteiger partial charge in [-0.25, -0.2) is 0 Å². The van der Waals surface area contributed by atoms with E-state index < -0.39 is 11.7 Å². The van der Waals surface area contributed by atoms with Crippen molar-refractivity contribution in [1.82, 2.24) is 4.90 Å². The van der Waals surface area contributed by atoms with Crippen molar-refractivity contribution in [3.05, 3.63) is 35.4 Å². The van der Waals surface area contributed by atoms with Crippen molar-refractivity contribution in [2.24, 2.45) is 17.8 Å². The first kappa shape index (κ1) is 32.4. The van der Waals surface area contributed by atoms with Gasteiger partial charge in [-0.15, -0.1) is 0 Å². The summed E-state index contributed by atoms with van der Waals surface area (Å²) in [6.07, 6.45) is 17.6. The second-order valence-corrected chi connectivity index (χ2v) is 13.3. The molecule has 3 aliphatic carbocycles. The minimum Gasteiger partial charge on any atom is -0.466 e. The van der Waals surface area contributed by atoms with Gasteiger partial charge in [0.2, 0.25) is 0 Å². The number of hydrogen-bond donors (Lipinski definition) is 0. The Morgan fingerprint density at radius 3 is 1.88 bits per heavy atom. The number of ether oxygens (including phenoxy) is 1. The van der Waals surface area contributed by atoms with Gasteiger partial charge in [0, 0.05) is 12.5 Å². The van der Waals surface area contributed by atoms with E-state index in [4.69, 9.17) is 4.74 Å². The molecule has 232 valence electrons. The summed E-state index contributed by atoms with van der Waals surface area (Å²) >= 11 is 0. The lowest BCUT2D eigenvalue weighted by atomic mass is 9.72. The molecule has 4 rings (SSSR count). The molecule has 0 amide bonds. The van der Waals surface area contributed by atoms with E-state index in [0.717, 1.165) is 49.8 Å². The van der Waals surface area contributed by atoms with Crippen LogP contribution in [0, 0.1) is 17.8 Å². The molecule has 1 aromatic rings. The summed E-state index contributed by atoms with van der Waals surface area (Å²) in [5.41, 5.74) is 0.398. The van der Waals surface area contributed by atoms with E-state index in [2.05, 4.69) is 4.90 Å². The number of hydrogen-bond acceptors (Lipinski definition) is 3.